The molecule has 0 atom stereocenters. The van der Waals surface area contributed by atoms with Crippen molar-refractivity contribution < 1.29 is 4.79 Å². The van der Waals surface area contributed by atoms with Gasteiger partial charge in [0.15, 0.2) is 0 Å². The number of para-hydroxylation sites is 1. The number of rotatable bonds is 3. The van der Waals surface area contributed by atoms with Crippen LogP contribution in [0.1, 0.15) is 25.7 Å². The van der Waals surface area contributed by atoms with E-state index in [4.69, 9.17) is 0 Å². The van der Waals surface area contributed by atoms with Crippen LogP contribution in [0.3, 0.4) is 0 Å². The van der Waals surface area contributed by atoms with Gasteiger partial charge in [0.2, 0.25) is 5.91 Å². The molecule has 2 fully saturated rings. The number of hydrogen-bond acceptors (Lipinski definition) is 4. The minimum Gasteiger partial charge on any atom is -0.340 e. The molecule has 1 aromatic carbocycles. The normalized spacial score (nSPS) is 23.5. The Hall–Kier alpha value is -2.41. The van der Waals surface area contributed by atoms with Gasteiger partial charge in [-0.25, -0.2) is 4.79 Å². The summed E-state index contributed by atoms with van der Waals surface area (Å²) in [4.78, 5) is 42.5. The third kappa shape index (κ3) is 3.69. The van der Waals surface area contributed by atoms with Crippen LogP contribution in [-0.2, 0) is 11.3 Å². The molecule has 0 radical (unpaired) electrons. The summed E-state index contributed by atoms with van der Waals surface area (Å²) in [6.45, 7) is 3.75. The second-order valence-corrected chi connectivity index (χ2v) is 7.68. The Kier molecular flexibility index (Phi) is 5.11. The average Bonchev–Trinajstić information content (AvgIpc) is 2.72. The molecule has 1 aromatic heterocycles. The van der Waals surface area contributed by atoms with Gasteiger partial charge in [-0.05, 0) is 43.7 Å². The maximum Gasteiger partial charge on any atom is 0.328 e. The van der Waals surface area contributed by atoms with Crippen molar-refractivity contribution in [1.29, 1.82) is 0 Å². The molecule has 0 spiro atoms. The quantitative estimate of drug-likeness (QED) is 0.841. The number of aromatic amines is 1. The zero-order valence-corrected chi connectivity index (χ0v) is 15.4. The van der Waals surface area contributed by atoms with Crippen molar-refractivity contribution in [3.63, 3.8) is 0 Å². The molecule has 2 heterocycles. The van der Waals surface area contributed by atoms with Crippen LogP contribution in [-0.4, -0.2) is 46.5 Å². The third-order valence-corrected chi connectivity index (χ3v) is 5.95. The van der Waals surface area contributed by atoms with Gasteiger partial charge in [-0.1, -0.05) is 12.1 Å². The molecule has 1 saturated carbocycles. The van der Waals surface area contributed by atoms with E-state index in [-0.39, 0.29) is 29.0 Å². The molecule has 1 saturated heterocycles. The minimum absolute atomic E-state index is 0.0889. The van der Waals surface area contributed by atoms with Crippen molar-refractivity contribution >= 4 is 16.8 Å². The van der Waals surface area contributed by atoms with E-state index in [9.17, 15) is 14.4 Å². The first-order valence-corrected chi connectivity index (χ1v) is 9.85. The lowest BCUT2D eigenvalue weighted by Crippen LogP contribution is -2.49. The molecule has 2 N–H and O–H groups in total. The van der Waals surface area contributed by atoms with Crippen LogP contribution in [0, 0.1) is 11.8 Å². The molecular weight excluding hydrogens is 344 g/mol. The number of H-pyrrole nitrogens is 1. The van der Waals surface area contributed by atoms with Crippen molar-refractivity contribution in [2.24, 2.45) is 11.8 Å². The van der Waals surface area contributed by atoms with Gasteiger partial charge in [0.05, 0.1) is 10.9 Å². The van der Waals surface area contributed by atoms with Crippen LogP contribution < -0.4 is 16.6 Å². The SMILES string of the molecule is O=c1[nH]c2ccccc2c(=O)n1C[C@H]1CC[C@H](C(=O)N2CCNCC2)CC1. The summed E-state index contributed by atoms with van der Waals surface area (Å²) in [5.41, 5.74) is 0.000148. The molecule has 27 heavy (non-hydrogen) atoms. The third-order valence-electron chi connectivity index (χ3n) is 5.95. The number of piperazine rings is 1. The van der Waals surface area contributed by atoms with E-state index in [2.05, 4.69) is 10.3 Å². The van der Waals surface area contributed by atoms with Crippen LogP contribution in [0.25, 0.3) is 10.9 Å². The summed E-state index contributed by atoms with van der Waals surface area (Å²) >= 11 is 0. The molecule has 0 unspecified atom stereocenters. The smallest absolute Gasteiger partial charge is 0.328 e. The van der Waals surface area contributed by atoms with Crippen LogP contribution >= 0.6 is 0 Å². The average molecular weight is 370 g/mol. The highest BCUT2D eigenvalue weighted by Gasteiger charge is 2.30. The van der Waals surface area contributed by atoms with E-state index in [1.807, 2.05) is 4.90 Å². The van der Waals surface area contributed by atoms with Gasteiger partial charge in [0, 0.05) is 38.6 Å². The maximum absolute atomic E-state index is 12.7. The number of hydrogen-bond donors (Lipinski definition) is 2. The predicted molar refractivity (Wildman–Crippen MR) is 104 cm³/mol. The lowest BCUT2D eigenvalue weighted by atomic mass is 9.81. The van der Waals surface area contributed by atoms with Crippen molar-refractivity contribution in [1.82, 2.24) is 19.8 Å². The molecule has 2 aliphatic rings. The Balaban J connectivity index is 1.42. The van der Waals surface area contributed by atoms with Crippen molar-refractivity contribution in [2.45, 2.75) is 32.2 Å². The second-order valence-electron chi connectivity index (χ2n) is 7.68. The molecule has 7 nitrogen and oxygen atoms in total. The monoisotopic (exact) mass is 370 g/mol. The first kappa shape index (κ1) is 18.0. The van der Waals surface area contributed by atoms with Gasteiger partial charge >= 0.3 is 5.69 Å². The van der Waals surface area contributed by atoms with E-state index in [0.717, 1.165) is 51.9 Å². The van der Waals surface area contributed by atoms with E-state index < -0.39 is 0 Å². The first-order valence-electron chi connectivity index (χ1n) is 9.85. The molecule has 1 amide bonds. The lowest BCUT2D eigenvalue weighted by Gasteiger charge is -2.34. The Morgan fingerprint density at radius 1 is 1.04 bits per heavy atom. The summed E-state index contributed by atoms with van der Waals surface area (Å²) < 4.78 is 1.32. The van der Waals surface area contributed by atoms with Gasteiger partial charge < -0.3 is 15.2 Å². The fourth-order valence-corrected chi connectivity index (χ4v) is 4.36. The molecule has 2 aromatic rings. The van der Waals surface area contributed by atoms with Crippen molar-refractivity contribution in [2.75, 3.05) is 26.2 Å². The number of nitrogens with zero attached hydrogens (tertiary/aromatic N) is 2. The van der Waals surface area contributed by atoms with Gasteiger partial charge in [-0.3, -0.25) is 14.2 Å². The number of fused-ring (bicyclic) bond motifs is 1. The molecule has 7 heteroatoms. The number of carbonyl (C=O) groups excluding carboxylic acids is 1. The predicted octanol–water partition coefficient (Wildman–Crippen LogP) is 0.928. The van der Waals surface area contributed by atoms with Gasteiger partial charge in [-0.2, -0.15) is 0 Å². The molecule has 0 bridgehead atoms. The fourth-order valence-electron chi connectivity index (χ4n) is 4.36. The minimum atomic E-state index is -0.349. The van der Waals surface area contributed by atoms with Gasteiger partial charge in [0.1, 0.15) is 0 Å². The first-order chi connectivity index (χ1) is 13.1. The fraction of sp³-hybridized carbons (Fsp3) is 0.550. The van der Waals surface area contributed by atoms with Crippen LogP contribution in [0.15, 0.2) is 33.9 Å². The number of amides is 1. The van der Waals surface area contributed by atoms with Crippen LogP contribution in [0.2, 0.25) is 0 Å². The maximum atomic E-state index is 12.7. The number of carbonyl (C=O) groups is 1. The summed E-state index contributed by atoms with van der Waals surface area (Å²) in [6.07, 6.45) is 3.43. The summed E-state index contributed by atoms with van der Waals surface area (Å²) in [5, 5.41) is 3.81. The zero-order valence-electron chi connectivity index (χ0n) is 15.4. The summed E-state index contributed by atoms with van der Waals surface area (Å²) in [6, 6.07) is 7.10. The molecule has 144 valence electrons. The standard InChI is InChI=1S/C20H26N4O3/c25-18(23-11-9-21-10-12-23)15-7-5-14(6-8-15)13-24-19(26)16-3-1-2-4-17(16)22-20(24)27/h1-4,14-15,21H,5-13H2,(H,22,27)/t14-,15-. The molecular formula is C20H26N4O3. The second kappa shape index (κ2) is 7.68. The summed E-state index contributed by atoms with van der Waals surface area (Å²) in [7, 11) is 0. The highest BCUT2D eigenvalue weighted by atomic mass is 16.2. The van der Waals surface area contributed by atoms with Crippen LogP contribution in [0.4, 0.5) is 0 Å². The Bertz CT molecular complexity index is 934. The lowest BCUT2D eigenvalue weighted by molar-refractivity contribution is -0.137. The highest BCUT2D eigenvalue weighted by molar-refractivity contribution is 5.79. The van der Waals surface area contributed by atoms with E-state index in [1.165, 1.54) is 4.57 Å². The number of aromatic nitrogens is 2. The number of benzene rings is 1. The van der Waals surface area contributed by atoms with Gasteiger partial charge in [-0.15, -0.1) is 0 Å². The Morgan fingerprint density at radius 3 is 2.48 bits per heavy atom. The van der Waals surface area contributed by atoms with Crippen molar-refractivity contribution in [3.05, 3.63) is 45.1 Å². The molecule has 1 aliphatic carbocycles. The largest absolute Gasteiger partial charge is 0.340 e. The Labute approximate surface area is 157 Å². The topological polar surface area (TPSA) is 87.2 Å². The van der Waals surface area contributed by atoms with E-state index >= 15 is 0 Å². The summed E-state index contributed by atoms with van der Waals surface area (Å²) in [5.74, 6) is 0.624. The van der Waals surface area contributed by atoms with E-state index in [1.54, 1.807) is 24.3 Å². The van der Waals surface area contributed by atoms with Gasteiger partial charge in [0.25, 0.3) is 5.56 Å². The molecule has 4 rings (SSSR count). The molecule has 1 aliphatic heterocycles. The van der Waals surface area contributed by atoms with E-state index in [0.29, 0.717) is 17.4 Å². The van der Waals surface area contributed by atoms with Crippen LogP contribution in [0.5, 0.6) is 0 Å². The van der Waals surface area contributed by atoms with Crippen molar-refractivity contribution in [3.8, 4) is 0 Å². The Morgan fingerprint density at radius 2 is 1.74 bits per heavy atom. The highest BCUT2D eigenvalue weighted by Crippen LogP contribution is 2.30. The number of nitrogens with one attached hydrogen (secondary N) is 2. The zero-order chi connectivity index (χ0) is 18.8.